The zero-order valence-corrected chi connectivity index (χ0v) is 7.73. The molecule has 0 aromatic carbocycles. The summed E-state index contributed by atoms with van der Waals surface area (Å²) in [6.45, 7) is 12.7. The summed E-state index contributed by atoms with van der Waals surface area (Å²) < 4.78 is 10.7. The zero-order valence-electron chi connectivity index (χ0n) is 7.73. The third kappa shape index (κ3) is 1.35. The van der Waals surface area contributed by atoms with Crippen molar-refractivity contribution in [2.45, 2.75) is 33.3 Å². The smallest absolute Gasteiger partial charge is 0.272 e. The Morgan fingerprint density at radius 3 is 2.18 bits per heavy atom. The van der Waals surface area contributed by atoms with Crippen LogP contribution in [0.25, 0.3) is 0 Å². The van der Waals surface area contributed by atoms with Gasteiger partial charge in [-0.25, -0.2) is 0 Å². The van der Waals surface area contributed by atoms with Crippen LogP contribution in [0.5, 0.6) is 0 Å². The van der Waals surface area contributed by atoms with E-state index < -0.39 is 0 Å². The lowest BCUT2D eigenvalue weighted by atomic mass is 9.77. The largest absolute Gasteiger partial charge is 0.465 e. The van der Waals surface area contributed by atoms with E-state index in [1.54, 1.807) is 0 Å². The second-order valence-corrected chi connectivity index (χ2v) is 4.16. The van der Waals surface area contributed by atoms with Crippen LogP contribution in [-0.4, -0.2) is 12.2 Å². The fourth-order valence-electron chi connectivity index (χ4n) is 0.887. The monoisotopic (exact) mass is 156 g/mol. The number of hydrogen-bond donors (Lipinski definition) is 0. The first kappa shape index (κ1) is 8.44. The molecule has 1 fully saturated rings. The fraction of sp³-hybridized carbons (Fsp3) is 0.778. The van der Waals surface area contributed by atoms with E-state index in [4.69, 9.17) is 9.47 Å². The van der Waals surface area contributed by atoms with E-state index in [0.29, 0.717) is 12.6 Å². The van der Waals surface area contributed by atoms with E-state index in [2.05, 4.69) is 34.3 Å². The molecule has 1 rings (SSSR count). The molecule has 1 aliphatic rings. The van der Waals surface area contributed by atoms with Crippen LogP contribution in [0.1, 0.15) is 27.7 Å². The molecule has 0 atom stereocenters. The van der Waals surface area contributed by atoms with Gasteiger partial charge in [0, 0.05) is 5.41 Å². The van der Waals surface area contributed by atoms with Crippen LogP contribution in [-0.2, 0) is 9.47 Å². The van der Waals surface area contributed by atoms with Crippen LogP contribution in [0.3, 0.4) is 0 Å². The van der Waals surface area contributed by atoms with Gasteiger partial charge in [-0.1, -0.05) is 13.8 Å². The quantitative estimate of drug-likeness (QED) is 0.536. The maximum absolute atomic E-state index is 5.47. The van der Waals surface area contributed by atoms with Gasteiger partial charge in [-0.05, 0) is 20.4 Å². The highest BCUT2D eigenvalue weighted by Gasteiger charge is 2.43. The molecule has 0 spiro atoms. The molecule has 0 aromatic heterocycles. The van der Waals surface area contributed by atoms with Gasteiger partial charge in [0.25, 0.3) is 5.95 Å². The Kier molecular flexibility index (Phi) is 1.66. The van der Waals surface area contributed by atoms with Gasteiger partial charge < -0.3 is 9.47 Å². The molecular weight excluding hydrogens is 140 g/mol. The molecule has 0 radical (unpaired) electrons. The molecule has 0 unspecified atom stereocenters. The van der Waals surface area contributed by atoms with Crippen molar-refractivity contribution in [3.05, 3.63) is 12.5 Å². The topological polar surface area (TPSA) is 18.5 Å². The van der Waals surface area contributed by atoms with E-state index >= 15 is 0 Å². The third-order valence-electron chi connectivity index (χ3n) is 2.59. The first-order valence-corrected chi connectivity index (χ1v) is 3.86. The van der Waals surface area contributed by atoms with Crippen LogP contribution in [0.4, 0.5) is 0 Å². The van der Waals surface area contributed by atoms with Gasteiger partial charge in [-0.15, -0.1) is 0 Å². The Morgan fingerprint density at radius 2 is 1.82 bits per heavy atom. The normalized spacial score (nSPS) is 27.1. The summed E-state index contributed by atoms with van der Waals surface area (Å²) in [5, 5.41) is 0. The molecular formula is C9H16O2. The van der Waals surface area contributed by atoms with Crippen LogP contribution < -0.4 is 0 Å². The zero-order chi connectivity index (χ0) is 8.70. The fourth-order valence-corrected chi connectivity index (χ4v) is 0.887. The second kappa shape index (κ2) is 2.16. The average Bonchev–Trinajstić information content (AvgIpc) is 1.80. The highest BCUT2D eigenvalue weighted by molar-refractivity contribution is 4.95. The third-order valence-corrected chi connectivity index (χ3v) is 2.59. The SMILES string of the molecule is C=C1OCC(C)(C)C(C)(C)O1. The molecule has 0 aromatic rings. The molecule has 0 N–H and O–H groups in total. The minimum absolute atomic E-state index is 0.0498. The van der Waals surface area contributed by atoms with Gasteiger partial charge in [0.15, 0.2) is 0 Å². The number of ether oxygens (including phenoxy) is 2. The Bertz CT molecular complexity index is 180. The van der Waals surface area contributed by atoms with Gasteiger partial charge in [-0.3, -0.25) is 0 Å². The van der Waals surface area contributed by atoms with E-state index in [0.717, 1.165) is 0 Å². The van der Waals surface area contributed by atoms with E-state index in [1.807, 2.05) is 0 Å². The van der Waals surface area contributed by atoms with E-state index in [-0.39, 0.29) is 11.0 Å². The first-order valence-electron chi connectivity index (χ1n) is 3.86. The van der Waals surface area contributed by atoms with Crippen LogP contribution >= 0.6 is 0 Å². The minimum Gasteiger partial charge on any atom is -0.465 e. The molecule has 0 amide bonds. The van der Waals surface area contributed by atoms with Gasteiger partial charge in [0.05, 0.1) is 0 Å². The average molecular weight is 156 g/mol. The van der Waals surface area contributed by atoms with E-state index in [9.17, 15) is 0 Å². The minimum atomic E-state index is -0.178. The lowest BCUT2D eigenvalue weighted by molar-refractivity contribution is -0.185. The highest BCUT2D eigenvalue weighted by atomic mass is 16.7. The van der Waals surface area contributed by atoms with Crippen molar-refractivity contribution in [1.82, 2.24) is 0 Å². The molecule has 2 nitrogen and oxygen atoms in total. The standard InChI is InChI=1S/C9H16O2/c1-7-10-6-8(2,3)9(4,5)11-7/h1,6H2,2-5H3. The predicted octanol–water partition coefficient (Wildman–Crippen LogP) is 2.31. The highest BCUT2D eigenvalue weighted by Crippen LogP contribution is 2.39. The summed E-state index contributed by atoms with van der Waals surface area (Å²) in [6, 6.07) is 0. The number of rotatable bonds is 0. The van der Waals surface area contributed by atoms with Crippen LogP contribution in [0.15, 0.2) is 12.5 Å². The summed E-state index contributed by atoms with van der Waals surface area (Å²) in [4.78, 5) is 0. The van der Waals surface area contributed by atoms with Crippen LogP contribution in [0.2, 0.25) is 0 Å². The van der Waals surface area contributed by atoms with Crippen molar-refractivity contribution in [3.8, 4) is 0 Å². The summed E-state index contributed by atoms with van der Waals surface area (Å²) in [5.74, 6) is 0.439. The van der Waals surface area contributed by atoms with Crippen molar-refractivity contribution in [1.29, 1.82) is 0 Å². The molecule has 1 saturated heterocycles. The maximum atomic E-state index is 5.47. The van der Waals surface area contributed by atoms with Crippen molar-refractivity contribution in [3.63, 3.8) is 0 Å². The molecule has 64 valence electrons. The van der Waals surface area contributed by atoms with Gasteiger partial charge in [0.2, 0.25) is 0 Å². The molecule has 2 heteroatoms. The molecule has 0 bridgehead atoms. The Labute approximate surface area is 68.2 Å². The molecule has 0 aliphatic carbocycles. The van der Waals surface area contributed by atoms with Gasteiger partial charge >= 0.3 is 0 Å². The lowest BCUT2D eigenvalue weighted by Crippen LogP contribution is -2.48. The number of hydrogen-bond acceptors (Lipinski definition) is 2. The van der Waals surface area contributed by atoms with Gasteiger partial charge in [0.1, 0.15) is 12.2 Å². The molecule has 0 saturated carbocycles. The van der Waals surface area contributed by atoms with Crippen molar-refractivity contribution < 1.29 is 9.47 Å². The summed E-state index contributed by atoms with van der Waals surface area (Å²) in [7, 11) is 0. The van der Waals surface area contributed by atoms with Crippen LogP contribution in [0, 0.1) is 5.41 Å². The maximum Gasteiger partial charge on any atom is 0.272 e. The Balaban J connectivity index is 2.80. The predicted molar refractivity (Wildman–Crippen MR) is 44.0 cm³/mol. The summed E-state index contributed by atoms with van der Waals surface area (Å²) in [6.07, 6.45) is 0. The molecule has 1 aliphatic heterocycles. The second-order valence-electron chi connectivity index (χ2n) is 4.16. The Hall–Kier alpha value is -0.660. The molecule has 11 heavy (non-hydrogen) atoms. The van der Waals surface area contributed by atoms with Gasteiger partial charge in [-0.2, -0.15) is 0 Å². The van der Waals surface area contributed by atoms with Crippen molar-refractivity contribution >= 4 is 0 Å². The first-order chi connectivity index (χ1) is 4.85. The van der Waals surface area contributed by atoms with Crippen molar-refractivity contribution in [2.75, 3.05) is 6.61 Å². The van der Waals surface area contributed by atoms with E-state index in [1.165, 1.54) is 0 Å². The summed E-state index contributed by atoms with van der Waals surface area (Å²) >= 11 is 0. The molecule has 1 heterocycles. The van der Waals surface area contributed by atoms with Crippen molar-refractivity contribution in [2.24, 2.45) is 5.41 Å². The lowest BCUT2D eigenvalue weighted by Gasteiger charge is -2.45. The Morgan fingerprint density at radius 1 is 1.27 bits per heavy atom. The summed E-state index contributed by atoms with van der Waals surface area (Å²) in [5.41, 5.74) is -0.128.